The Morgan fingerprint density at radius 2 is 0.569 bits per heavy atom. The van der Waals surface area contributed by atoms with E-state index in [9.17, 15) is 47.9 Å². The van der Waals surface area contributed by atoms with Crippen LogP contribution in [-0.2, 0) is 49.5 Å². The number of fused-ring (bicyclic) bond motifs is 1. The quantitative estimate of drug-likeness (QED) is 0.108. The molecule has 318 valence electrons. The molecule has 0 N–H and O–H groups in total. The second kappa shape index (κ2) is 17.9. The lowest BCUT2D eigenvalue weighted by molar-refractivity contribution is -0.121. The summed E-state index contributed by atoms with van der Waals surface area (Å²) in [7, 11) is 0. The Bertz CT molecular complexity index is 2540. The molecule has 5 heterocycles. The first-order valence-corrected chi connectivity index (χ1v) is 19.5. The van der Waals surface area contributed by atoms with Crippen LogP contribution in [0.25, 0.3) is 0 Å². The number of hydrogen-bond acceptors (Lipinski definition) is 12. The summed E-state index contributed by atoms with van der Waals surface area (Å²) < 4.78 is 10.1. The van der Waals surface area contributed by atoms with Crippen LogP contribution in [0.2, 0.25) is 0 Å². The van der Waals surface area contributed by atoms with Crippen molar-refractivity contribution >= 4 is 81.9 Å². The predicted octanol–water partition coefficient (Wildman–Crippen LogP) is 5.47. The van der Waals surface area contributed by atoms with Crippen LogP contribution in [0.1, 0.15) is 31.8 Å². The van der Waals surface area contributed by atoms with Gasteiger partial charge >= 0.3 is 11.9 Å². The Hall–Kier alpha value is -9.44. The lowest BCUT2D eigenvalue weighted by Gasteiger charge is -2.15. The first-order chi connectivity index (χ1) is 31.3. The van der Waals surface area contributed by atoms with Crippen molar-refractivity contribution in [3.05, 3.63) is 192 Å². The molecule has 65 heavy (non-hydrogen) atoms. The molecule has 0 saturated carbocycles. The van der Waals surface area contributed by atoms with E-state index in [1.165, 1.54) is 48.6 Å². The van der Waals surface area contributed by atoms with Crippen molar-refractivity contribution in [2.24, 2.45) is 0 Å². The molecule has 0 bridgehead atoms. The van der Waals surface area contributed by atoms with Gasteiger partial charge in [-0.1, -0.05) is 36.4 Å². The second-order valence-electron chi connectivity index (χ2n) is 14.2. The zero-order valence-electron chi connectivity index (χ0n) is 33.6. The topological polar surface area (TPSA) is 202 Å². The number of ether oxygens (including phenoxy) is 2. The van der Waals surface area contributed by atoms with E-state index in [1.54, 1.807) is 97.1 Å². The zero-order valence-corrected chi connectivity index (χ0v) is 33.6. The average molecular weight is 867 g/mol. The van der Waals surface area contributed by atoms with Gasteiger partial charge in [0.25, 0.3) is 47.3 Å². The fourth-order valence-corrected chi connectivity index (χ4v) is 6.88. The number of imide groups is 4. The van der Waals surface area contributed by atoms with Crippen LogP contribution in [0, 0.1) is 0 Å². The van der Waals surface area contributed by atoms with Gasteiger partial charge in [-0.3, -0.25) is 38.4 Å². The van der Waals surface area contributed by atoms with E-state index in [-0.39, 0.29) is 47.3 Å². The van der Waals surface area contributed by atoms with Gasteiger partial charge in [-0.2, -0.15) is 0 Å². The van der Waals surface area contributed by atoms with Crippen molar-refractivity contribution < 1.29 is 57.4 Å². The Morgan fingerprint density at radius 3 is 0.831 bits per heavy atom. The number of carbonyl (C=O) groups excluding carboxylic acids is 10. The highest BCUT2D eigenvalue weighted by atomic mass is 16.6. The number of nitrogens with zero attached hydrogens (tertiary/aromatic N) is 4. The Balaban J connectivity index is 0.000000144. The van der Waals surface area contributed by atoms with Crippen molar-refractivity contribution in [2.45, 2.75) is 6.42 Å². The Kier molecular flexibility index (Phi) is 11.6. The number of hydrogen-bond donors (Lipinski definition) is 0. The molecule has 0 unspecified atom stereocenters. The molecule has 5 aromatic carbocycles. The molecule has 10 rings (SSSR count). The van der Waals surface area contributed by atoms with Gasteiger partial charge in [0.2, 0.25) is 0 Å². The molecular weight excluding hydrogens is 837 g/mol. The van der Waals surface area contributed by atoms with E-state index in [4.69, 9.17) is 4.74 Å². The maximum atomic E-state index is 11.7. The van der Waals surface area contributed by atoms with Crippen LogP contribution < -0.4 is 24.3 Å². The van der Waals surface area contributed by atoms with Crippen LogP contribution in [0.3, 0.4) is 0 Å². The molecule has 5 aliphatic heterocycles. The van der Waals surface area contributed by atoms with Gasteiger partial charge in [0, 0.05) is 48.6 Å². The predicted molar refractivity (Wildman–Crippen MR) is 231 cm³/mol. The fourth-order valence-electron chi connectivity index (χ4n) is 6.88. The minimum Gasteiger partial charge on any atom is -0.457 e. The Labute approximate surface area is 368 Å². The van der Waals surface area contributed by atoms with Gasteiger partial charge in [-0.05, 0) is 102 Å². The lowest BCUT2D eigenvalue weighted by Crippen LogP contribution is -2.29. The van der Waals surface area contributed by atoms with Crippen LogP contribution in [0.4, 0.5) is 22.7 Å². The molecule has 8 amide bonds. The van der Waals surface area contributed by atoms with E-state index in [0.29, 0.717) is 51.8 Å². The minimum absolute atomic E-state index is 0.344. The maximum absolute atomic E-state index is 11.7. The summed E-state index contributed by atoms with van der Waals surface area (Å²) in [6.45, 7) is 0. The summed E-state index contributed by atoms with van der Waals surface area (Å²) in [5, 5.41) is 0. The molecule has 0 aromatic heterocycles. The van der Waals surface area contributed by atoms with E-state index >= 15 is 0 Å². The van der Waals surface area contributed by atoms with Gasteiger partial charge in [0.15, 0.2) is 0 Å². The second-order valence-corrected chi connectivity index (χ2v) is 14.2. The molecule has 0 fully saturated rings. The van der Waals surface area contributed by atoms with Gasteiger partial charge in [-0.25, -0.2) is 29.2 Å². The van der Waals surface area contributed by atoms with Crippen LogP contribution in [-0.4, -0.2) is 59.2 Å². The highest BCUT2D eigenvalue weighted by molar-refractivity contribution is 6.30. The molecule has 5 aliphatic rings. The molecular formula is C49H30N4O12. The average Bonchev–Trinajstić information content (AvgIpc) is 4.10. The molecule has 16 nitrogen and oxygen atoms in total. The highest BCUT2D eigenvalue weighted by Crippen LogP contribution is 2.29. The summed E-state index contributed by atoms with van der Waals surface area (Å²) in [6.07, 6.45) is 10.5. The SMILES string of the molecule is O=C1C=CC(=O)N1c1ccc(Cc2ccc(N3C(=O)C=CC3=O)cc2)cc1.O=C1C=CC(=O)N1c1ccc(Oc2ccc(N3C(=O)C=CC3=O)cc2)cc1.O=C1OC(=O)c2ccccc21. The number of benzene rings is 5. The molecule has 0 atom stereocenters. The number of esters is 2. The van der Waals surface area contributed by atoms with Gasteiger partial charge in [-0.15, -0.1) is 0 Å². The Morgan fingerprint density at radius 1 is 0.323 bits per heavy atom. The number of cyclic esters (lactones) is 2. The first kappa shape index (κ1) is 42.3. The standard InChI is InChI=1S/C21H14N2O4.C20H12N2O5.C8H4O3/c24-18-9-10-19(25)22(18)16-5-1-14(2-6-16)13-15-3-7-17(8-4-15)23-20(26)11-12-21(23)27;23-17-9-10-18(24)21(17)13-1-5-15(6-2-13)27-16-7-3-14(4-8-16)22-19(25)11-12-20(22)26;9-7-5-3-1-2-4-6(5)8(10)11-7/h1-12H,13H2;1-12H;1-4H. The van der Waals surface area contributed by atoms with Crippen molar-refractivity contribution in [3.63, 3.8) is 0 Å². The highest BCUT2D eigenvalue weighted by Gasteiger charge is 2.30. The summed E-state index contributed by atoms with van der Waals surface area (Å²) in [5.41, 5.74) is 4.71. The first-order valence-electron chi connectivity index (χ1n) is 19.5. The third-order valence-electron chi connectivity index (χ3n) is 10.0. The normalized spacial score (nSPS) is 15.8. The van der Waals surface area contributed by atoms with Crippen molar-refractivity contribution in [3.8, 4) is 11.5 Å². The number of carbonyl (C=O) groups is 10. The van der Waals surface area contributed by atoms with Gasteiger partial charge < -0.3 is 9.47 Å². The molecule has 5 aromatic rings. The third kappa shape index (κ3) is 8.98. The molecule has 0 aliphatic carbocycles. The lowest BCUT2D eigenvalue weighted by atomic mass is 10.0. The number of anilines is 4. The number of amides is 8. The van der Waals surface area contributed by atoms with Gasteiger partial charge in [0.1, 0.15) is 11.5 Å². The van der Waals surface area contributed by atoms with E-state index in [0.717, 1.165) is 30.7 Å². The van der Waals surface area contributed by atoms with Crippen molar-refractivity contribution in [2.75, 3.05) is 19.6 Å². The largest absolute Gasteiger partial charge is 0.457 e. The smallest absolute Gasteiger partial charge is 0.346 e. The molecule has 0 radical (unpaired) electrons. The van der Waals surface area contributed by atoms with Crippen molar-refractivity contribution in [1.82, 2.24) is 0 Å². The molecule has 16 heteroatoms. The zero-order chi connectivity index (χ0) is 45.8. The summed E-state index contributed by atoms with van der Waals surface area (Å²) in [5.74, 6) is -3.00. The van der Waals surface area contributed by atoms with E-state index in [2.05, 4.69) is 4.74 Å². The van der Waals surface area contributed by atoms with E-state index in [1.807, 2.05) is 24.3 Å². The van der Waals surface area contributed by atoms with E-state index < -0.39 is 11.9 Å². The fraction of sp³-hybridized carbons (Fsp3) is 0.0204. The van der Waals surface area contributed by atoms with Crippen LogP contribution in [0.15, 0.2) is 170 Å². The molecule has 0 spiro atoms. The minimum atomic E-state index is -0.550. The van der Waals surface area contributed by atoms with Crippen molar-refractivity contribution in [1.29, 1.82) is 0 Å². The van der Waals surface area contributed by atoms with Crippen LogP contribution in [0.5, 0.6) is 11.5 Å². The number of rotatable bonds is 8. The maximum Gasteiger partial charge on any atom is 0.346 e. The third-order valence-corrected chi connectivity index (χ3v) is 10.0. The van der Waals surface area contributed by atoms with Gasteiger partial charge in [0.05, 0.1) is 33.9 Å². The van der Waals surface area contributed by atoms with Crippen LogP contribution >= 0.6 is 0 Å². The monoisotopic (exact) mass is 866 g/mol. The summed E-state index contributed by atoms with van der Waals surface area (Å²) in [6, 6.07) is 33.9. The summed E-state index contributed by atoms with van der Waals surface area (Å²) >= 11 is 0. The summed E-state index contributed by atoms with van der Waals surface area (Å²) in [4.78, 5) is 120. The molecule has 0 saturated heterocycles.